The zero-order chi connectivity index (χ0) is 25.1. The highest BCUT2D eigenvalue weighted by molar-refractivity contribution is 5.92. The Morgan fingerprint density at radius 2 is 1.75 bits per heavy atom. The molecule has 1 fully saturated rings. The maximum Gasteiger partial charge on any atom is 0.344 e. The number of aromatic hydroxyl groups is 1. The van der Waals surface area contributed by atoms with Gasteiger partial charge in [-0.3, -0.25) is 4.90 Å². The summed E-state index contributed by atoms with van der Waals surface area (Å²) in [4.78, 5) is 15.6. The molecule has 0 spiro atoms. The van der Waals surface area contributed by atoms with Crippen LogP contribution in [0.1, 0.15) is 35.1 Å². The number of benzene rings is 3. The van der Waals surface area contributed by atoms with Gasteiger partial charge in [0.15, 0.2) is 5.58 Å². The van der Waals surface area contributed by atoms with E-state index in [4.69, 9.17) is 9.15 Å². The number of phenols is 1. The van der Waals surface area contributed by atoms with Gasteiger partial charge in [-0.15, -0.1) is 0 Å². The van der Waals surface area contributed by atoms with Gasteiger partial charge in [-0.05, 0) is 80.2 Å². The van der Waals surface area contributed by atoms with Gasteiger partial charge in [0.25, 0.3) is 0 Å². The van der Waals surface area contributed by atoms with Gasteiger partial charge in [0.2, 0.25) is 0 Å². The zero-order valence-electron chi connectivity index (χ0n) is 20.3. The van der Waals surface area contributed by atoms with Crippen LogP contribution < -0.4 is 10.4 Å². The molecule has 182 valence electrons. The molecule has 36 heavy (non-hydrogen) atoms. The number of hydrogen-bond acceptors (Lipinski definition) is 6. The number of nitriles is 1. The number of likely N-dealkylation sites (tertiary alicyclic amines) is 1. The molecular formula is C30H28N2O4. The van der Waals surface area contributed by atoms with Crippen LogP contribution in [-0.4, -0.2) is 36.2 Å². The van der Waals surface area contributed by atoms with Crippen LogP contribution in [0.25, 0.3) is 22.1 Å². The molecule has 1 aliphatic heterocycles. The van der Waals surface area contributed by atoms with Crippen LogP contribution in [0.15, 0.2) is 69.9 Å². The van der Waals surface area contributed by atoms with Gasteiger partial charge < -0.3 is 14.3 Å². The van der Waals surface area contributed by atoms with Crippen molar-refractivity contribution < 1.29 is 14.3 Å². The quantitative estimate of drug-likeness (QED) is 0.356. The van der Waals surface area contributed by atoms with E-state index < -0.39 is 5.63 Å². The molecular weight excluding hydrogens is 452 g/mol. The van der Waals surface area contributed by atoms with E-state index in [1.807, 2.05) is 61.5 Å². The van der Waals surface area contributed by atoms with Gasteiger partial charge in [-0.1, -0.05) is 42.0 Å². The fourth-order valence-corrected chi connectivity index (χ4v) is 4.83. The van der Waals surface area contributed by atoms with Crippen molar-refractivity contribution in [2.24, 2.45) is 0 Å². The van der Waals surface area contributed by atoms with E-state index >= 15 is 0 Å². The average Bonchev–Trinajstić information content (AvgIpc) is 3.39. The summed E-state index contributed by atoms with van der Waals surface area (Å²) >= 11 is 0. The van der Waals surface area contributed by atoms with Gasteiger partial charge in [0.1, 0.15) is 29.7 Å². The summed E-state index contributed by atoms with van der Waals surface area (Å²) in [5, 5.41) is 20.4. The average molecular weight is 481 g/mol. The fraction of sp³-hybridized carbons (Fsp3) is 0.267. The Balaban J connectivity index is 1.50. The van der Waals surface area contributed by atoms with Crippen molar-refractivity contribution in [2.45, 2.75) is 26.2 Å². The number of hydrogen-bond donors (Lipinski definition) is 1. The summed E-state index contributed by atoms with van der Waals surface area (Å²) in [6.45, 7) is 5.87. The summed E-state index contributed by atoms with van der Waals surface area (Å²) < 4.78 is 11.5. The maximum absolute atomic E-state index is 13.2. The number of fused-ring (bicyclic) bond motifs is 1. The van der Waals surface area contributed by atoms with E-state index in [1.54, 1.807) is 6.07 Å². The van der Waals surface area contributed by atoms with Crippen LogP contribution in [-0.2, 0) is 6.42 Å². The topological polar surface area (TPSA) is 86.7 Å². The number of nitrogens with zero attached hydrogens (tertiary/aromatic N) is 2. The Hall–Kier alpha value is -4.08. The normalized spacial score (nSPS) is 13.7. The van der Waals surface area contributed by atoms with E-state index in [2.05, 4.69) is 4.90 Å². The SMILES string of the molecule is Cc1ccc(-c2c(Cc3ccc(OCCN4CCCC4)cc3)c3ccc(O)c(C#N)c3oc2=O)cc1. The van der Waals surface area contributed by atoms with Gasteiger partial charge in [-0.25, -0.2) is 4.79 Å². The molecule has 1 aromatic heterocycles. The van der Waals surface area contributed by atoms with Gasteiger partial charge >= 0.3 is 5.63 Å². The highest BCUT2D eigenvalue weighted by Gasteiger charge is 2.20. The molecule has 0 saturated carbocycles. The molecule has 0 unspecified atom stereocenters. The first-order valence-electron chi connectivity index (χ1n) is 12.3. The second kappa shape index (κ2) is 10.3. The zero-order valence-corrected chi connectivity index (χ0v) is 20.3. The largest absolute Gasteiger partial charge is 0.506 e. The van der Waals surface area contributed by atoms with E-state index in [1.165, 1.54) is 18.9 Å². The van der Waals surface area contributed by atoms with Crippen LogP contribution in [0.4, 0.5) is 0 Å². The molecule has 6 heteroatoms. The summed E-state index contributed by atoms with van der Waals surface area (Å²) in [5.41, 5.74) is 3.58. The Kier molecular flexibility index (Phi) is 6.75. The predicted octanol–water partition coefficient (Wildman–Crippen LogP) is 5.41. The van der Waals surface area contributed by atoms with E-state index in [9.17, 15) is 15.2 Å². The van der Waals surface area contributed by atoms with E-state index in [0.717, 1.165) is 47.6 Å². The molecule has 4 aromatic rings. The lowest BCUT2D eigenvalue weighted by atomic mass is 9.92. The first kappa shape index (κ1) is 23.7. The molecule has 3 aromatic carbocycles. The molecule has 0 radical (unpaired) electrons. The maximum atomic E-state index is 13.2. The number of aryl methyl sites for hydroxylation is 1. The molecule has 0 aliphatic carbocycles. The smallest absolute Gasteiger partial charge is 0.344 e. The lowest BCUT2D eigenvalue weighted by molar-refractivity contribution is 0.238. The molecule has 5 rings (SSSR count). The minimum absolute atomic E-state index is 0.0388. The molecule has 1 aliphatic rings. The number of phenolic OH excluding ortho intramolecular Hbond substituents is 1. The van der Waals surface area contributed by atoms with Crippen molar-refractivity contribution in [1.29, 1.82) is 5.26 Å². The molecule has 1 N–H and O–H groups in total. The summed E-state index contributed by atoms with van der Waals surface area (Å²) in [6.07, 6.45) is 2.98. The highest BCUT2D eigenvalue weighted by atomic mass is 16.5. The van der Waals surface area contributed by atoms with Crippen molar-refractivity contribution in [2.75, 3.05) is 26.2 Å². The first-order chi connectivity index (χ1) is 17.5. The lowest BCUT2D eigenvalue weighted by Crippen LogP contribution is -2.25. The van der Waals surface area contributed by atoms with Crippen LogP contribution in [0.2, 0.25) is 0 Å². The van der Waals surface area contributed by atoms with Gasteiger partial charge in [-0.2, -0.15) is 5.26 Å². The van der Waals surface area contributed by atoms with Crippen molar-refractivity contribution in [1.82, 2.24) is 4.90 Å². The minimum Gasteiger partial charge on any atom is -0.506 e. The minimum atomic E-state index is -0.537. The van der Waals surface area contributed by atoms with Gasteiger partial charge in [0, 0.05) is 11.9 Å². The summed E-state index contributed by atoms with van der Waals surface area (Å²) in [7, 11) is 0. The van der Waals surface area contributed by atoms with E-state index in [0.29, 0.717) is 24.0 Å². The predicted molar refractivity (Wildman–Crippen MR) is 139 cm³/mol. The monoisotopic (exact) mass is 480 g/mol. The highest BCUT2D eigenvalue weighted by Crippen LogP contribution is 2.34. The van der Waals surface area contributed by atoms with E-state index in [-0.39, 0.29) is 16.9 Å². The first-order valence-corrected chi connectivity index (χ1v) is 12.3. The third kappa shape index (κ3) is 4.84. The van der Waals surface area contributed by atoms with Crippen molar-refractivity contribution in [3.05, 3.63) is 93.3 Å². The van der Waals surface area contributed by atoms with Crippen LogP contribution >= 0.6 is 0 Å². The van der Waals surface area contributed by atoms with Crippen LogP contribution in [0.3, 0.4) is 0 Å². The van der Waals surface area contributed by atoms with Crippen molar-refractivity contribution in [3.63, 3.8) is 0 Å². The Bertz CT molecular complexity index is 1480. The second-order valence-corrected chi connectivity index (χ2v) is 9.28. The Labute approximate surface area is 210 Å². The molecule has 6 nitrogen and oxygen atoms in total. The standard InChI is InChI=1S/C30H28N2O4/c1-20-4-8-22(9-5-20)28-25(24-12-13-27(33)26(19-31)29(24)36-30(28)34)18-21-6-10-23(11-7-21)35-17-16-32-14-2-3-15-32/h4-13,33H,2-3,14-18H2,1H3. The van der Waals surface area contributed by atoms with Crippen molar-refractivity contribution in [3.8, 4) is 28.7 Å². The van der Waals surface area contributed by atoms with Crippen molar-refractivity contribution >= 4 is 11.0 Å². The fourth-order valence-electron chi connectivity index (χ4n) is 4.83. The molecule has 1 saturated heterocycles. The molecule has 0 amide bonds. The Morgan fingerprint density at radius 3 is 2.44 bits per heavy atom. The molecule has 2 heterocycles. The number of ether oxygens (including phenoxy) is 1. The molecule has 0 bridgehead atoms. The molecule has 0 atom stereocenters. The lowest BCUT2D eigenvalue weighted by Gasteiger charge is -2.15. The van der Waals surface area contributed by atoms with Gasteiger partial charge in [0.05, 0.1) is 5.56 Å². The van der Waals surface area contributed by atoms with Crippen LogP contribution in [0, 0.1) is 18.3 Å². The second-order valence-electron chi connectivity index (χ2n) is 9.28. The summed E-state index contributed by atoms with van der Waals surface area (Å²) in [6, 6.07) is 20.7. The number of rotatable bonds is 7. The third-order valence-electron chi connectivity index (χ3n) is 6.79. The Morgan fingerprint density at radius 1 is 1.03 bits per heavy atom. The summed E-state index contributed by atoms with van der Waals surface area (Å²) in [5.74, 6) is 0.600. The third-order valence-corrected chi connectivity index (χ3v) is 6.79. The van der Waals surface area contributed by atoms with Crippen LogP contribution in [0.5, 0.6) is 11.5 Å².